The average Bonchev–Trinajstić information content (AvgIpc) is 3.61. The smallest absolute Gasteiger partial charge is 0.229 e. The summed E-state index contributed by atoms with van der Waals surface area (Å²) in [4.78, 5) is 20.2. The minimum Gasteiger partial charge on any atom is -0.494 e. The molecule has 222 valence electrons. The quantitative estimate of drug-likeness (QED) is 0.195. The molecule has 1 fully saturated rings. The number of hydrogen-bond donors (Lipinski definition) is 3. The van der Waals surface area contributed by atoms with E-state index in [1.807, 2.05) is 43.7 Å². The highest BCUT2D eigenvalue weighted by atomic mass is 79.9. The van der Waals surface area contributed by atoms with Crippen molar-refractivity contribution in [3.8, 4) is 16.9 Å². The van der Waals surface area contributed by atoms with E-state index in [1.165, 1.54) is 0 Å². The van der Waals surface area contributed by atoms with Crippen LogP contribution >= 0.6 is 23.1 Å². The van der Waals surface area contributed by atoms with Gasteiger partial charge in [-0.25, -0.2) is 4.98 Å². The predicted molar refractivity (Wildman–Crippen MR) is 173 cm³/mol. The van der Waals surface area contributed by atoms with E-state index < -0.39 is 7.14 Å². The number of aliphatic hydroxyl groups is 1. The van der Waals surface area contributed by atoms with Crippen molar-refractivity contribution in [1.29, 1.82) is 0 Å². The van der Waals surface area contributed by atoms with Crippen LogP contribution in [-0.4, -0.2) is 74.5 Å². The third kappa shape index (κ3) is 5.93. The summed E-state index contributed by atoms with van der Waals surface area (Å²) in [5, 5.41) is 21.8. The summed E-state index contributed by atoms with van der Waals surface area (Å²) in [5.74, 6) is 1.40. The van der Waals surface area contributed by atoms with Gasteiger partial charge in [-0.2, -0.15) is 10.1 Å². The zero-order valence-electron chi connectivity index (χ0n) is 24.1. The second-order valence-electron chi connectivity index (χ2n) is 10.7. The third-order valence-corrected chi connectivity index (χ3v) is 9.34. The molecule has 4 heterocycles. The topological polar surface area (TPSA) is 143 Å². The number of aliphatic hydroxyl groups excluding tert-OH is 1. The molecular weight excluding hydrogens is 633 g/mol. The molecule has 1 aliphatic heterocycles. The summed E-state index contributed by atoms with van der Waals surface area (Å²) in [5.41, 5.74) is 5.35. The van der Waals surface area contributed by atoms with E-state index in [0.717, 1.165) is 23.4 Å². The number of benzene rings is 2. The molecule has 0 spiro atoms. The molecule has 1 unspecified atom stereocenters. The number of hydrogen-bond acceptors (Lipinski definition) is 11. The van der Waals surface area contributed by atoms with Crippen LogP contribution < -0.4 is 25.6 Å². The van der Waals surface area contributed by atoms with Crippen LogP contribution in [0.4, 0.5) is 28.8 Å². The number of anilines is 5. The van der Waals surface area contributed by atoms with E-state index >= 15 is 0 Å². The van der Waals surface area contributed by atoms with Gasteiger partial charge in [0.25, 0.3) is 0 Å². The molecule has 2 aromatic carbocycles. The molecule has 0 amide bonds. The van der Waals surface area contributed by atoms with Crippen LogP contribution in [0.25, 0.3) is 22.2 Å². The van der Waals surface area contributed by atoms with Gasteiger partial charge in [0, 0.05) is 67.8 Å². The van der Waals surface area contributed by atoms with Gasteiger partial charge in [-0.1, -0.05) is 0 Å². The number of nitrogens with zero attached hydrogens (tertiary/aromatic N) is 7. The van der Waals surface area contributed by atoms with E-state index in [2.05, 4.69) is 51.5 Å². The van der Waals surface area contributed by atoms with Crippen LogP contribution in [0.15, 0.2) is 59.7 Å². The Kier molecular flexibility index (Phi) is 7.80. The van der Waals surface area contributed by atoms with Gasteiger partial charge in [0.05, 0.1) is 46.1 Å². The lowest BCUT2D eigenvalue weighted by atomic mass is 10.0. The number of aromatic nitrogens is 6. The molecule has 3 N–H and O–H groups in total. The Morgan fingerprint density at radius 2 is 1.91 bits per heavy atom. The molecule has 14 heteroatoms. The first kappa shape index (κ1) is 29.0. The highest BCUT2D eigenvalue weighted by molar-refractivity contribution is 9.10. The molecule has 1 atom stereocenters. The van der Waals surface area contributed by atoms with Crippen molar-refractivity contribution in [2.24, 2.45) is 7.05 Å². The summed E-state index contributed by atoms with van der Waals surface area (Å²) >= 11 is 3.55. The van der Waals surface area contributed by atoms with Gasteiger partial charge in [0.15, 0.2) is 0 Å². The number of β-amino-alcohol motifs (C(OH)–C–C–N with tert-alkyl or cyclic N) is 1. The van der Waals surface area contributed by atoms with Crippen molar-refractivity contribution in [3.05, 3.63) is 59.7 Å². The molecule has 1 saturated heterocycles. The zero-order valence-corrected chi connectivity index (χ0v) is 26.6. The van der Waals surface area contributed by atoms with Crippen molar-refractivity contribution in [3.63, 3.8) is 0 Å². The molecule has 0 aliphatic carbocycles. The monoisotopic (exact) mass is 663 g/mol. The summed E-state index contributed by atoms with van der Waals surface area (Å²) in [6, 6.07) is 7.62. The second-order valence-corrected chi connectivity index (χ2v) is 14.7. The molecular formula is C29H31BrN9O3P. The van der Waals surface area contributed by atoms with Crippen molar-refractivity contribution in [2.75, 3.05) is 49.1 Å². The lowest BCUT2D eigenvalue weighted by Crippen LogP contribution is -2.22. The molecule has 6 rings (SSSR count). The van der Waals surface area contributed by atoms with E-state index in [-0.39, 0.29) is 6.10 Å². The number of rotatable bonds is 8. The summed E-state index contributed by atoms with van der Waals surface area (Å²) in [7, 11) is 0.722. The molecule has 0 saturated carbocycles. The van der Waals surface area contributed by atoms with Crippen molar-refractivity contribution in [2.45, 2.75) is 12.5 Å². The molecule has 12 nitrogen and oxygen atoms in total. The first-order chi connectivity index (χ1) is 20.6. The molecule has 0 radical (unpaired) electrons. The highest BCUT2D eigenvalue weighted by Gasteiger charge is 2.26. The van der Waals surface area contributed by atoms with Crippen molar-refractivity contribution in [1.82, 2.24) is 29.7 Å². The Hall–Kier alpha value is -4.06. The van der Waals surface area contributed by atoms with E-state index in [9.17, 15) is 9.67 Å². The Labute approximate surface area is 257 Å². The Morgan fingerprint density at radius 1 is 1.09 bits per heavy atom. The number of fused-ring (bicyclic) bond motifs is 1. The number of methoxy groups -OCH3 is 1. The number of halogens is 1. The number of nitrogens with one attached hydrogen (secondary N) is 2. The maximum atomic E-state index is 13.4. The Morgan fingerprint density at radius 3 is 2.60 bits per heavy atom. The normalized spacial score (nSPS) is 15.2. The fraction of sp³-hybridized carbons (Fsp3) is 0.276. The maximum Gasteiger partial charge on any atom is 0.229 e. The van der Waals surface area contributed by atoms with E-state index in [0.29, 0.717) is 62.7 Å². The highest BCUT2D eigenvalue weighted by Crippen LogP contribution is 2.43. The van der Waals surface area contributed by atoms with Gasteiger partial charge in [-0.15, -0.1) is 0 Å². The average molecular weight is 665 g/mol. The largest absolute Gasteiger partial charge is 0.494 e. The SMILES string of the molecule is COc1cc(N2CCC(O)C2)c(-c2cnn(C)c2)cc1Nc1ncc(Br)c(Nc2ccc3nccnc3c2P(C)(C)=O)n1. The minimum absolute atomic E-state index is 0.323. The summed E-state index contributed by atoms with van der Waals surface area (Å²) in [6.45, 7) is 4.70. The fourth-order valence-electron chi connectivity index (χ4n) is 5.28. The minimum atomic E-state index is -2.76. The Bertz CT molecular complexity index is 1880. The summed E-state index contributed by atoms with van der Waals surface area (Å²) < 4.78 is 21.6. The van der Waals surface area contributed by atoms with Gasteiger partial charge >= 0.3 is 0 Å². The van der Waals surface area contributed by atoms with Gasteiger partial charge in [-0.3, -0.25) is 14.6 Å². The standard InChI is InChI=1S/C29H31BrN9O3P/c1-38-15-17(13-34-38)19-11-23(25(42-2)12-24(19)39-10-7-18(40)16-39)36-29-33-14-20(30)28(37-29)35-22-6-5-21-26(32-9-8-31-21)27(22)43(3,4)41/h5-6,8-9,11-15,18,40H,7,10,16H2,1-4H3,(H2,33,35,36,37). The molecule has 3 aromatic heterocycles. The predicted octanol–water partition coefficient (Wildman–Crippen LogP) is 4.90. The fourth-order valence-corrected chi connectivity index (χ4v) is 6.96. The Balaban J connectivity index is 1.38. The molecule has 5 aromatic rings. The number of ether oxygens (including phenoxy) is 1. The molecule has 43 heavy (non-hydrogen) atoms. The van der Waals surface area contributed by atoms with Crippen LogP contribution in [0.5, 0.6) is 5.75 Å². The van der Waals surface area contributed by atoms with Gasteiger partial charge < -0.3 is 29.9 Å². The van der Waals surface area contributed by atoms with Crippen molar-refractivity contribution < 1.29 is 14.4 Å². The van der Waals surface area contributed by atoms with Gasteiger partial charge in [-0.05, 0) is 53.9 Å². The van der Waals surface area contributed by atoms with E-state index in [4.69, 9.17) is 9.72 Å². The van der Waals surface area contributed by atoms with Crippen molar-refractivity contribution >= 4 is 68.2 Å². The first-order valence-corrected chi connectivity index (χ1v) is 17.0. The third-order valence-electron chi connectivity index (χ3n) is 7.23. The van der Waals surface area contributed by atoms with Crippen LogP contribution in [-0.2, 0) is 11.6 Å². The lowest BCUT2D eigenvalue weighted by molar-refractivity contribution is 0.198. The van der Waals surface area contributed by atoms with E-state index in [1.54, 1.807) is 43.7 Å². The van der Waals surface area contributed by atoms with Crippen LogP contribution in [0.2, 0.25) is 0 Å². The van der Waals surface area contributed by atoms with Crippen LogP contribution in [0.1, 0.15) is 6.42 Å². The zero-order chi connectivity index (χ0) is 30.3. The van der Waals surface area contributed by atoms with Crippen LogP contribution in [0, 0.1) is 0 Å². The second kappa shape index (κ2) is 11.6. The molecule has 1 aliphatic rings. The lowest BCUT2D eigenvalue weighted by Gasteiger charge is -2.24. The number of aryl methyl sites for hydroxylation is 1. The maximum absolute atomic E-state index is 13.4. The van der Waals surface area contributed by atoms with Crippen LogP contribution in [0.3, 0.4) is 0 Å². The van der Waals surface area contributed by atoms with Gasteiger partial charge in [0.1, 0.15) is 24.2 Å². The summed E-state index contributed by atoms with van der Waals surface area (Å²) in [6.07, 6.45) is 8.94. The van der Waals surface area contributed by atoms with Gasteiger partial charge in [0.2, 0.25) is 5.95 Å². The molecule has 0 bridgehead atoms. The first-order valence-electron chi connectivity index (χ1n) is 13.6.